The number of benzene rings is 1. The van der Waals surface area contributed by atoms with Gasteiger partial charge >= 0.3 is 0 Å². The minimum atomic E-state index is -0.0691. The fourth-order valence-corrected chi connectivity index (χ4v) is 2.28. The molecule has 1 atom stereocenters. The van der Waals surface area contributed by atoms with Gasteiger partial charge in [0.1, 0.15) is 11.6 Å². The Labute approximate surface area is 137 Å². The highest BCUT2D eigenvalue weighted by atomic mass is 16.5. The van der Waals surface area contributed by atoms with E-state index in [-0.39, 0.29) is 11.9 Å². The molecule has 0 radical (unpaired) electrons. The maximum absolute atomic E-state index is 12.1. The second-order valence-corrected chi connectivity index (χ2v) is 5.76. The Morgan fingerprint density at radius 3 is 2.87 bits per heavy atom. The van der Waals surface area contributed by atoms with Crippen molar-refractivity contribution in [2.75, 3.05) is 11.9 Å². The zero-order valence-corrected chi connectivity index (χ0v) is 14.3. The van der Waals surface area contributed by atoms with Gasteiger partial charge in [-0.15, -0.1) is 0 Å². The van der Waals surface area contributed by atoms with Crippen molar-refractivity contribution in [1.29, 1.82) is 0 Å². The van der Waals surface area contributed by atoms with Gasteiger partial charge in [0.2, 0.25) is 5.91 Å². The molecule has 1 unspecified atom stereocenters. The molecule has 0 saturated heterocycles. The highest BCUT2D eigenvalue weighted by molar-refractivity contribution is 5.89. The quantitative estimate of drug-likeness (QED) is 0.843. The number of rotatable bonds is 7. The van der Waals surface area contributed by atoms with E-state index in [1.807, 2.05) is 42.8 Å². The van der Waals surface area contributed by atoms with Gasteiger partial charge in [-0.05, 0) is 44.4 Å². The van der Waals surface area contributed by atoms with Crippen LogP contribution in [-0.2, 0) is 4.79 Å². The Hall–Kier alpha value is -2.30. The average molecular weight is 315 g/mol. The smallest absolute Gasteiger partial charge is 0.228 e. The van der Waals surface area contributed by atoms with Crippen LogP contribution in [0.4, 0.5) is 5.82 Å². The number of hydrogen-bond acceptors (Lipinski definition) is 3. The van der Waals surface area contributed by atoms with Crippen LogP contribution < -0.4 is 10.1 Å². The molecular formula is C18H25N3O2. The average Bonchev–Trinajstić information content (AvgIpc) is 2.98. The molecule has 1 N–H and O–H groups in total. The zero-order chi connectivity index (χ0) is 16.8. The molecule has 0 aliphatic rings. The van der Waals surface area contributed by atoms with E-state index in [0.717, 1.165) is 23.6 Å². The Morgan fingerprint density at radius 1 is 1.35 bits per heavy atom. The Balaban J connectivity index is 1.86. The van der Waals surface area contributed by atoms with Gasteiger partial charge < -0.3 is 10.1 Å². The lowest BCUT2D eigenvalue weighted by Crippen LogP contribution is -2.19. The molecule has 5 nitrogen and oxygen atoms in total. The summed E-state index contributed by atoms with van der Waals surface area (Å²) in [6, 6.07) is 8.01. The number of carbonyl (C=O) groups excluding carboxylic acids is 1. The number of hydrogen-bond donors (Lipinski definition) is 1. The van der Waals surface area contributed by atoms with E-state index < -0.39 is 0 Å². The second-order valence-electron chi connectivity index (χ2n) is 5.76. The molecule has 0 fully saturated rings. The third kappa shape index (κ3) is 4.34. The SMILES string of the molecule is CCC(C)n1nccc1NC(=O)CCOc1cccc(C)c1C. The first-order valence-corrected chi connectivity index (χ1v) is 8.05. The van der Waals surface area contributed by atoms with Gasteiger partial charge in [0.25, 0.3) is 0 Å². The molecule has 5 heteroatoms. The lowest BCUT2D eigenvalue weighted by atomic mass is 10.1. The van der Waals surface area contributed by atoms with Crippen LogP contribution in [0, 0.1) is 13.8 Å². The van der Waals surface area contributed by atoms with E-state index in [4.69, 9.17) is 4.74 Å². The molecule has 124 valence electrons. The summed E-state index contributed by atoms with van der Waals surface area (Å²) >= 11 is 0. The van der Waals surface area contributed by atoms with Crippen LogP contribution >= 0.6 is 0 Å². The number of amides is 1. The predicted molar refractivity (Wildman–Crippen MR) is 91.9 cm³/mol. The summed E-state index contributed by atoms with van der Waals surface area (Å²) in [6.45, 7) is 8.59. The Kier molecular flexibility index (Phi) is 5.79. The number of aryl methyl sites for hydroxylation is 1. The molecule has 1 aromatic heterocycles. The van der Waals surface area contributed by atoms with Crippen LogP contribution in [0.5, 0.6) is 5.75 Å². The molecule has 1 heterocycles. The maximum atomic E-state index is 12.1. The zero-order valence-electron chi connectivity index (χ0n) is 14.3. The molecule has 0 aliphatic carbocycles. The first-order valence-electron chi connectivity index (χ1n) is 8.05. The minimum Gasteiger partial charge on any atom is -0.493 e. The largest absolute Gasteiger partial charge is 0.493 e. The van der Waals surface area contributed by atoms with Crippen LogP contribution in [0.3, 0.4) is 0 Å². The molecule has 1 amide bonds. The molecular weight excluding hydrogens is 290 g/mol. The Bertz CT molecular complexity index is 664. The van der Waals surface area contributed by atoms with E-state index in [1.54, 1.807) is 6.20 Å². The van der Waals surface area contributed by atoms with Crippen molar-refractivity contribution < 1.29 is 9.53 Å². The van der Waals surface area contributed by atoms with Gasteiger partial charge in [-0.25, -0.2) is 4.68 Å². The normalized spacial score (nSPS) is 12.0. The van der Waals surface area contributed by atoms with Crippen molar-refractivity contribution >= 4 is 11.7 Å². The molecule has 0 aliphatic heterocycles. The summed E-state index contributed by atoms with van der Waals surface area (Å²) < 4.78 is 7.56. The van der Waals surface area contributed by atoms with Crippen molar-refractivity contribution in [3.8, 4) is 5.75 Å². The fourth-order valence-electron chi connectivity index (χ4n) is 2.28. The minimum absolute atomic E-state index is 0.0691. The van der Waals surface area contributed by atoms with Gasteiger partial charge in [-0.1, -0.05) is 19.1 Å². The number of nitrogens with one attached hydrogen (secondary N) is 1. The summed E-state index contributed by atoms with van der Waals surface area (Å²) in [6.07, 6.45) is 2.97. The molecule has 2 aromatic rings. The summed E-state index contributed by atoms with van der Waals surface area (Å²) in [5, 5.41) is 7.16. The lowest BCUT2D eigenvalue weighted by Gasteiger charge is -2.14. The molecule has 0 spiro atoms. The van der Waals surface area contributed by atoms with Crippen molar-refractivity contribution in [2.24, 2.45) is 0 Å². The van der Waals surface area contributed by atoms with Crippen molar-refractivity contribution in [1.82, 2.24) is 9.78 Å². The van der Waals surface area contributed by atoms with E-state index in [1.165, 1.54) is 5.56 Å². The molecule has 0 bridgehead atoms. The monoisotopic (exact) mass is 315 g/mol. The molecule has 23 heavy (non-hydrogen) atoms. The number of ether oxygens (including phenoxy) is 1. The third-order valence-corrected chi connectivity index (χ3v) is 4.09. The van der Waals surface area contributed by atoms with Crippen LogP contribution in [0.15, 0.2) is 30.5 Å². The van der Waals surface area contributed by atoms with E-state index in [0.29, 0.717) is 13.0 Å². The van der Waals surface area contributed by atoms with E-state index in [2.05, 4.69) is 24.3 Å². The van der Waals surface area contributed by atoms with Crippen LogP contribution in [0.2, 0.25) is 0 Å². The van der Waals surface area contributed by atoms with Gasteiger partial charge in [-0.2, -0.15) is 5.10 Å². The van der Waals surface area contributed by atoms with Gasteiger partial charge in [0.15, 0.2) is 0 Å². The highest BCUT2D eigenvalue weighted by Gasteiger charge is 2.11. The first-order chi connectivity index (χ1) is 11.0. The standard InChI is InChI=1S/C18H25N3O2/c1-5-14(3)21-17(9-11-19-21)20-18(22)10-12-23-16-8-6-7-13(2)15(16)4/h6-9,11,14H,5,10,12H2,1-4H3,(H,20,22). The topological polar surface area (TPSA) is 56.2 Å². The van der Waals surface area contributed by atoms with Crippen LogP contribution in [0.1, 0.15) is 43.9 Å². The number of nitrogens with zero attached hydrogens (tertiary/aromatic N) is 2. The van der Waals surface area contributed by atoms with Gasteiger partial charge in [0, 0.05) is 6.07 Å². The van der Waals surface area contributed by atoms with Crippen molar-refractivity contribution in [3.05, 3.63) is 41.6 Å². The van der Waals surface area contributed by atoms with Crippen molar-refractivity contribution in [2.45, 2.75) is 46.6 Å². The maximum Gasteiger partial charge on any atom is 0.228 e. The summed E-state index contributed by atoms with van der Waals surface area (Å²) in [4.78, 5) is 12.1. The van der Waals surface area contributed by atoms with E-state index in [9.17, 15) is 4.79 Å². The van der Waals surface area contributed by atoms with Crippen LogP contribution in [0.25, 0.3) is 0 Å². The summed E-state index contributed by atoms with van der Waals surface area (Å²) in [7, 11) is 0. The molecule has 2 rings (SSSR count). The van der Waals surface area contributed by atoms with Crippen LogP contribution in [-0.4, -0.2) is 22.3 Å². The second kappa shape index (κ2) is 7.81. The van der Waals surface area contributed by atoms with Gasteiger partial charge in [0.05, 0.1) is 25.3 Å². The summed E-state index contributed by atoms with van der Waals surface area (Å²) in [5.41, 5.74) is 2.30. The van der Waals surface area contributed by atoms with Gasteiger partial charge in [-0.3, -0.25) is 4.79 Å². The van der Waals surface area contributed by atoms with E-state index >= 15 is 0 Å². The molecule has 0 saturated carbocycles. The summed E-state index contributed by atoms with van der Waals surface area (Å²) in [5.74, 6) is 1.50. The number of aromatic nitrogens is 2. The third-order valence-electron chi connectivity index (χ3n) is 4.09. The first kappa shape index (κ1) is 17.1. The Morgan fingerprint density at radius 2 is 2.13 bits per heavy atom. The van der Waals surface area contributed by atoms with Crippen molar-refractivity contribution in [3.63, 3.8) is 0 Å². The lowest BCUT2D eigenvalue weighted by molar-refractivity contribution is -0.116. The fraction of sp³-hybridized carbons (Fsp3) is 0.444. The molecule has 1 aromatic carbocycles. The number of carbonyl (C=O) groups is 1. The highest BCUT2D eigenvalue weighted by Crippen LogP contribution is 2.21. The number of anilines is 1. The predicted octanol–water partition coefficient (Wildman–Crippen LogP) is 3.88.